The summed E-state index contributed by atoms with van der Waals surface area (Å²) >= 11 is 0. The second kappa shape index (κ2) is 7.19. The molecule has 0 saturated carbocycles. The third-order valence-electron chi connectivity index (χ3n) is 4.11. The van der Waals surface area contributed by atoms with Gasteiger partial charge in [0.05, 0.1) is 0 Å². The third kappa shape index (κ3) is 3.84. The lowest BCUT2D eigenvalue weighted by Crippen LogP contribution is -2.19. The van der Waals surface area contributed by atoms with Gasteiger partial charge in [-0.2, -0.15) is 0 Å². The van der Waals surface area contributed by atoms with Crippen molar-refractivity contribution in [1.82, 2.24) is 0 Å². The zero-order chi connectivity index (χ0) is 16.9. The fourth-order valence-corrected chi connectivity index (χ4v) is 2.58. The molecule has 0 aliphatic rings. The Balaban J connectivity index is 2.31. The summed E-state index contributed by atoms with van der Waals surface area (Å²) in [6.45, 7) is 12.3. The molecule has 0 bridgehead atoms. The monoisotopic (exact) mass is 308 g/mol. The Kier molecular flexibility index (Phi) is 5.28. The summed E-state index contributed by atoms with van der Waals surface area (Å²) in [5.74, 6) is 1.15. The number of phenolic OH excluding ortho intramolecular Hbond substituents is 1. The van der Waals surface area contributed by atoms with E-state index in [-0.39, 0.29) is 5.41 Å². The predicted molar refractivity (Wildman–Crippen MR) is 96.3 cm³/mol. The minimum absolute atomic E-state index is 0.166. The Bertz CT molecular complexity index is 681. The molecule has 120 valence electrons. The largest absolute Gasteiger partial charge is 0.508 e. The molecule has 2 heteroatoms. The SMILES string of the molecule is C=CCOc1ccc(C(C)(C)c2ccc(O)c(CC=C)c2)cc1. The van der Waals surface area contributed by atoms with E-state index in [1.54, 1.807) is 18.2 Å². The highest BCUT2D eigenvalue weighted by atomic mass is 16.5. The van der Waals surface area contributed by atoms with Gasteiger partial charge in [-0.3, -0.25) is 0 Å². The van der Waals surface area contributed by atoms with Gasteiger partial charge in [0.25, 0.3) is 0 Å². The molecule has 0 fully saturated rings. The lowest BCUT2D eigenvalue weighted by Gasteiger charge is -2.27. The van der Waals surface area contributed by atoms with E-state index in [2.05, 4.69) is 45.2 Å². The van der Waals surface area contributed by atoms with E-state index in [0.29, 0.717) is 18.8 Å². The average Bonchev–Trinajstić information content (AvgIpc) is 2.55. The van der Waals surface area contributed by atoms with E-state index in [1.807, 2.05) is 18.2 Å². The number of phenols is 1. The van der Waals surface area contributed by atoms with Crippen LogP contribution >= 0.6 is 0 Å². The number of hydrogen-bond donors (Lipinski definition) is 1. The number of ether oxygens (including phenoxy) is 1. The fraction of sp³-hybridized carbons (Fsp3) is 0.238. The first-order chi connectivity index (χ1) is 11.0. The number of benzene rings is 2. The van der Waals surface area contributed by atoms with Gasteiger partial charge in [-0.25, -0.2) is 0 Å². The summed E-state index contributed by atoms with van der Waals surface area (Å²) in [5, 5.41) is 9.95. The van der Waals surface area contributed by atoms with Crippen LogP contribution in [0.15, 0.2) is 67.8 Å². The molecule has 0 heterocycles. The van der Waals surface area contributed by atoms with Crippen LogP contribution in [0, 0.1) is 0 Å². The van der Waals surface area contributed by atoms with Crippen LogP contribution in [0.5, 0.6) is 11.5 Å². The van der Waals surface area contributed by atoms with Gasteiger partial charge in [-0.1, -0.05) is 56.8 Å². The van der Waals surface area contributed by atoms with Gasteiger partial charge < -0.3 is 9.84 Å². The molecule has 1 N–H and O–H groups in total. The van der Waals surface area contributed by atoms with Crippen molar-refractivity contribution in [1.29, 1.82) is 0 Å². The first kappa shape index (κ1) is 16.9. The first-order valence-corrected chi connectivity index (χ1v) is 7.76. The third-order valence-corrected chi connectivity index (χ3v) is 4.11. The lowest BCUT2D eigenvalue weighted by molar-refractivity contribution is 0.363. The Morgan fingerprint density at radius 1 is 1.00 bits per heavy atom. The molecule has 0 saturated heterocycles. The maximum Gasteiger partial charge on any atom is 0.119 e. The second-order valence-electron chi connectivity index (χ2n) is 6.09. The van der Waals surface area contributed by atoms with Gasteiger partial charge in [-0.15, -0.1) is 6.58 Å². The van der Waals surface area contributed by atoms with Crippen LogP contribution in [-0.4, -0.2) is 11.7 Å². The van der Waals surface area contributed by atoms with Gasteiger partial charge in [0.15, 0.2) is 0 Å². The standard InChI is InChI=1S/C21H24O2/c1-5-7-16-15-18(10-13-20(16)22)21(3,4)17-8-11-19(12-9-17)23-14-6-2/h5-6,8-13,15,22H,1-2,7,14H2,3-4H3. The molecule has 0 radical (unpaired) electrons. The molecule has 0 atom stereocenters. The van der Waals surface area contributed by atoms with E-state index in [0.717, 1.165) is 16.9 Å². The van der Waals surface area contributed by atoms with Gasteiger partial charge in [0.2, 0.25) is 0 Å². The zero-order valence-electron chi connectivity index (χ0n) is 13.9. The smallest absolute Gasteiger partial charge is 0.119 e. The minimum Gasteiger partial charge on any atom is -0.508 e. The van der Waals surface area contributed by atoms with E-state index >= 15 is 0 Å². The molecule has 2 rings (SSSR count). The van der Waals surface area contributed by atoms with Crippen molar-refractivity contribution >= 4 is 0 Å². The van der Waals surface area contributed by atoms with Gasteiger partial charge >= 0.3 is 0 Å². The molecule has 2 nitrogen and oxygen atoms in total. The normalized spacial score (nSPS) is 11.0. The molecule has 0 aliphatic carbocycles. The summed E-state index contributed by atoms with van der Waals surface area (Å²) < 4.78 is 5.53. The molecular weight excluding hydrogens is 284 g/mol. The van der Waals surface area contributed by atoms with Gasteiger partial charge in [0.1, 0.15) is 18.1 Å². The quantitative estimate of drug-likeness (QED) is 0.728. The van der Waals surface area contributed by atoms with Crippen LogP contribution in [-0.2, 0) is 11.8 Å². The molecule has 0 aromatic heterocycles. The van der Waals surface area contributed by atoms with Crippen molar-refractivity contribution in [2.24, 2.45) is 0 Å². The van der Waals surface area contributed by atoms with Crippen LogP contribution in [0.25, 0.3) is 0 Å². The van der Waals surface area contributed by atoms with Crippen molar-refractivity contribution < 1.29 is 9.84 Å². The summed E-state index contributed by atoms with van der Waals surface area (Å²) in [5.41, 5.74) is 3.09. The number of rotatable bonds is 7. The van der Waals surface area contributed by atoms with E-state index < -0.39 is 0 Å². The minimum atomic E-state index is -0.166. The second-order valence-corrected chi connectivity index (χ2v) is 6.09. The maximum atomic E-state index is 9.95. The van der Waals surface area contributed by atoms with Gasteiger partial charge in [-0.05, 0) is 41.3 Å². The van der Waals surface area contributed by atoms with Crippen molar-refractivity contribution in [3.8, 4) is 11.5 Å². The Hall–Kier alpha value is -2.48. The van der Waals surface area contributed by atoms with Crippen LogP contribution in [0.4, 0.5) is 0 Å². The van der Waals surface area contributed by atoms with Crippen molar-refractivity contribution in [3.05, 3.63) is 84.5 Å². The molecule has 2 aromatic rings. The van der Waals surface area contributed by atoms with E-state index in [4.69, 9.17) is 4.74 Å². The average molecular weight is 308 g/mol. The molecule has 23 heavy (non-hydrogen) atoms. The molecule has 0 amide bonds. The molecular formula is C21H24O2. The summed E-state index contributed by atoms with van der Waals surface area (Å²) in [6, 6.07) is 13.9. The van der Waals surface area contributed by atoms with Crippen LogP contribution in [0.2, 0.25) is 0 Å². The van der Waals surface area contributed by atoms with Gasteiger partial charge in [0, 0.05) is 5.41 Å². The Morgan fingerprint density at radius 2 is 1.65 bits per heavy atom. The van der Waals surface area contributed by atoms with Crippen molar-refractivity contribution in [2.75, 3.05) is 6.61 Å². The topological polar surface area (TPSA) is 29.5 Å². The van der Waals surface area contributed by atoms with E-state index in [9.17, 15) is 5.11 Å². The summed E-state index contributed by atoms with van der Waals surface area (Å²) in [4.78, 5) is 0. The zero-order valence-corrected chi connectivity index (χ0v) is 13.9. The van der Waals surface area contributed by atoms with Crippen LogP contribution in [0.1, 0.15) is 30.5 Å². The van der Waals surface area contributed by atoms with Crippen LogP contribution in [0.3, 0.4) is 0 Å². The Labute approximate surface area is 138 Å². The van der Waals surface area contributed by atoms with Crippen LogP contribution < -0.4 is 4.74 Å². The summed E-state index contributed by atoms with van der Waals surface area (Å²) in [7, 11) is 0. The fourth-order valence-electron chi connectivity index (χ4n) is 2.58. The lowest BCUT2D eigenvalue weighted by atomic mass is 9.77. The van der Waals surface area contributed by atoms with Crippen molar-refractivity contribution in [3.63, 3.8) is 0 Å². The first-order valence-electron chi connectivity index (χ1n) is 7.76. The van der Waals surface area contributed by atoms with Crippen molar-refractivity contribution in [2.45, 2.75) is 25.7 Å². The molecule has 0 spiro atoms. The highest BCUT2D eigenvalue weighted by Crippen LogP contribution is 2.34. The maximum absolute atomic E-state index is 9.95. The molecule has 0 aliphatic heterocycles. The highest BCUT2D eigenvalue weighted by Gasteiger charge is 2.24. The number of hydrogen-bond acceptors (Lipinski definition) is 2. The number of allylic oxidation sites excluding steroid dienone is 1. The summed E-state index contributed by atoms with van der Waals surface area (Å²) in [6.07, 6.45) is 4.19. The molecule has 0 unspecified atom stereocenters. The Morgan fingerprint density at radius 3 is 2.26 bits per heavy atom. The predicted octanol–water partition coefficient (Wildman–Crippen LogP) is 5.01. The number of aromatic hydroxyl groups is 1. The van der Waals surface area contributed by atoms with E-state index in [1.165, 1.54) is 5.56 Å². The highest BCUT2D eigenvalue weighted by molar-refractivity contribution is 5.45. The molecule has 2 aromatic carbocycles.